The van der Waals surface area contributed by atoms with Gasteiger partial charge in [-0.3, -0.25) is 0 Å². The smallest absolute Gasteiger partial charge is 0.183 e. The van der Waals surface area contributed by atoms with Gasteiger partial charge in [0.1, 0.15) is 0 Å². The topological polar surface area (TPSA) is 24.9 Å². The molecule has 0 unspecified atom stereocenters. The minimum atomic E-state index is 0.675. The molecule has 0 saturated heterocycles. The average Bonchev–Trinajstić information content (AvgIpc) is 3.03. The molecule has 1 aromatic carbocycles. The fourth-order valence-electron chi connectivity index (χ4n) is 1.72. The highest BCUT2D eigenvalue weighted by Gasteiger charge is 2.22. The Labute approximate surface area is 99.4 Å². The molecule has 2 nitrogen and oxygen atoms in total. The molecular formula is C13H14N2S. The predicted octanol–water partition coefficient (Wildman–Crippen LogP) is 3.69. The third-order valence-electron chi connectivity index (χ3n) is 2.75. The summed E-state index contributed by atoms with van der Waals surface area (Å²) in [7, 11) is 0. The van der Waals surface area contributed by atoms with Crippen LogP contribution in [0.3, 0.4) is 0 Å². The number of hydrogen-bond acceptors (Lipinski definition) is 3. The Morgan fingerprint density at radius 3 is 2.69 bits per heavy atom. The molecule has 2 aromatic rings. The van der Waals surface area contributed by atoms with Crippen molar-refractivity contribution in [2.45, 2.75) is 25.8 Å². The van der Waals surface area contributed by atoms with Gasteiger partial charge in [-0.1, -0.05) is 30.3 Å². The number of anilines is 1. The van der Waals surface area contributed by atoms with E-state index in [0.717, 1.165) is 10.8 Å². The Balaban J connectivity index is 1.91. The number of nitrogens with one attached hydrogen (secondary N) is 1. The van der Waals surface area contributed by atoms with E-state index in [-0.39, 0.29) is 0 Å². The van der Waals surface area contributed by atoms with Gasteiger partial charge in [0, 0.05) is 16.5 Å². The molecule has 1 aromatic heterocycles. The van der Waals surface area contributed by atoms with Crippen molar-refractivity contribution in [1.29, 1.82) is 0 Å². The Kier molecular flexibility index (Phi) is 2.40. The molecule has 0 amide bonds. The summed E-state index contributed by atoms with van der Waals surface area (Å²) in [6.07, 6.45) is 2.58. The lowest BCUT2D eigenvalue weighted by atomic mass is 10.1. The second-order valence-electron chi connectivity index (χ2n) is 4.21. The van der Waals surface area contributed by atoms with Crippen LogP contribution in [0.4, 0.5) is 5.13 Å². The van der Waals surface area contributed by atoms with Gasteiger partial charge in [-0.2, -0.15) is 0 Å². The largest absolute Gasteiger partial charge is 0.359 e. The van der Waals surface area contributed by atoms with Gasteiger partial charge in [0.15, 0.2) is 5.13 Å². The molecule has 1 fully saturated rings. The van der Waals surface area contributed by atoms with Crippen LogP contribution >= 0.6 is 11.3 Å². The zero-order valence-electron chi connectivity index (χ0n) is 9.23. The molecular weight excluding hydrogens is 216 g/mol. The molecule has 1 aliphatic rings. The maximum Gasteiger partial charge on any atom is 0.183 e. The van der Waals surface area contributed by atoms with Gasteiger partial charge in [0.05, 0.1) is 5.69 Å². The quantitative estimate of drug-likeness (QED) is 0.869. The third kappa shape index (κ3) is 1.95. The van der Waals surface area contributed by atoms with E-state index in [1.165, 1.54) is 23.3 Å². The number of aryl methyl sites for hydroxylation is 1. The first-order valence-corrected chi connectivity index (χ1v) is 6.44. The summed E-state index contributed by atoms with van der Waals surface area (Å²) in [5.41, 5.74) is 2.33. The average molecular weight is 230 g/mol. The Morgan fingerprint density at radius 1 is 1.25 bits per heavy atom. The van der Waals surface area contributed by atoms with Gasteiger partial charge in [0.25, 0.3) is 0 Å². The first-order valence-electron chi connectivity index (χ1n) is 5.62. The van der Waals surface area contributed by atoms with E-state index < -0.39 is 0 Å². The molecule has 3 rings (SSSR count). The fourth-order valence-corrected chi connectivity index (χ4v) is 2.64. The monoisotopic (exact) mass is 230 g/mol. The van der Waals surface area contributed by atoms with Crippen molar-refractivity contribution >= 4 is 16.5 Å². The first-order chi connectivity index (χ1) is 7.83. The number of thiazole rings is 1. The van der Waals surface area contributed by atoms with Gasteiger partial charge in [-0.15, -0.1) is 11.3 Å². The van der Waals surface area contributed by atoms with E-state index in [1.54, 1.807) is 11.3 Å². The molecule has 82 valence electrons. The maximum absolute atomic E-state index is 4.67. The van der Waals surface area contributed by atoms with E-state index >= 15 is 0 Å². The van der Waals surface area contributed by atoms with Gasteiger partial charge < -0.3 is 5.32 Å². The summed E-state index contributed by atoms with van der Waals surface area (Å²) < 4.78 is 0. The molecule has 1 heterocycles. The van der Waals surface area contributed by atoms with Crippen LogP contribution in [0.25, 0.3) is 11.3 Å². The van der Waals surface area contributed by atoms with Crippen LogP contribution in [0.2, 0.25) is 0 Å². The van der Waals surface area contributed by atoms with Gasteiger partial charge in [-0.25, -0.2) is 4.98 Å². The number of benzene rings is 1. The van der Waals surface area contributed by atoms with Crippen molar-refractivity contribution in [3.63, 3.8) is 0 Å². The maximum atomic E-state index is 4.67. The van der Waals surface area contributed by atoms with Crippen LogP contribution in [0.5, 0.6) is 0 Å². The van der Waals surface area contributed by atoms with Crippen LogP contribution in [0.1, 0.15) is 17.7 Å². The minimum Gasteiger partial charge on any atom is -0.359 e. The Hall–Kier alpha value is -1.35. The van der Waals surface area contributed by atoms with Crippen molar-refractivity contribution < 1.29 is 0 Å². The molecule has 0 radical (unpaired) electrons. The van der Waals surface area contributed by atoms with Crippen LogP contribution in [-0.2, 0) is 0 Å². The molecule has 1 N–H and O–H groups in total. The predicted molar refractivity (Wildman–Crippen MR) is 68.9 cm³/mol. The van der Waals surface area contributed by atoms with E-state index in [0.29, 0.717) is 6.04 Å². The lowest BCUT2D eigenvalue weighted by Gasteiger charge is -1.97. The summed E-state index contributed by atoms with van der Waals surface area (Å²) in [5, 5.41) is 4.52. The van der Waals surface area contributed by atoms with Crippen molar-refractivity contribution in [2.24, 2.45) is 0 Å². The summed E-state index contributed by atoms with van der Waals surface area (Å²) >= 11 is 1.76. The summed E-state index contributed by atoms with van der Waals surface area (Å²) in [6, 6.07) is 11.1. The zero-order valence-corrected chi connectivity index (χ0v) is 10.1. The van der Waals surface area contributed by atoms with Crippen molar-refractivity contribution in [3.05, 3.63) is 35.2 Å². The van der Waals surface area contributed by atoms with Crippen LogP contribution < -0.4 is 5.32 Å². The van der Waals surface area contributed by atoms with Gasteiger partial charge >= 0.3 is 0 Å². The lowest BCUT2D eigenvalue weighted by Crippen LogP contribution is -1.99. The fraction of sp³-hybridized carbons (Fsp3) is 0.308. The Morgan fingerprint density at radius 2 is 2.00 bits per heavy atom. The standard InChI is InChI=1S/C13H14N2S/c1-9-12(10-5-3-2-4-6-10)15-13(16-9)14-11-7-8-11/h2-6,11H,7-8H2,1H3,(H,14,15). The minimum absolute atomic E-state index is 0.675. The molecule has 3 heteroatoms. The number of aromatic nitrogens is 1. The Bertz CT molecular complexity index is 486. The van der Waals surface area contributed by atoms with E-state index in [4.69, 9.17) is 0 Å². The first kappa shape index (κ1) is 9.85. The number of rotatable bonds is 3. The summed E-state index contributed by atoms with van der Waals surface area (Å²) in [4.78, 5) is 5.95. The number of hydrogen-bond donors (Lipinski definition) is 1. The van der Waals surface area contributed by atoms with Crippen molar-refractivity contribution in [1.82, 2.24) is 4.98 Å². The molecule has 0 spiro atoms. The lowest BCUT2D eigenvalue weighted by molar-refractivity contribution is 1.14. The molecule has 16 heavy (non-hydrogen) atoms. The highest BCUT2D eigenvalue weighted by Crippen LogP contribution is 2.33. The van der Waals surface area contributed by atoms with Gasteiger partial charge in [-0.05, 0) is 19.8 Å². The van der Waals surface area contributed by atoms with Crippen LogP contribution in [0.15, 0.2) is 30.3 Å². The van der Waals surface area contributed by atoms with E-state index in [1.807, 2.05) is 6.07 Å². The van der Waals surface area contributed by atoms with Crippen LogP contribution in [-0.4, -0.2) is 11.0 Å². The zero-order chi connectivity index (χ0) is 11.0. The van der Waals surface area contributed by atoms with Gasteiger partial charge in [0.2, 0.25) is 0 Å². The molecule has 0 atom stereocenters. The third-order valence-corrected chi connectivity index (χ3v) is 3.65. The second kappa shape index (κ2) is 3.91. The van der Waals surface area contributed by atoms with Crippen LogP contribution in [0, 0.1) is 6.92 Å². The molecule has 1 aliphatic carbocycles. The SMILES string of the molecule is Cc1sc(NC2CC2)nc1-c1ccccc1. The highest BCUT2D eigenvalue weighted by atomic mass is 32.1. The molecule has 0 aliphatic heterocycles. The van der Waals surface area contributed by atoms with Crippen molar-refractivity contribution in [3.8, 4) is 11.3 Å². The summed E-state index contributed by atoms with van der Waals surface area (Å²) in [5.74, 6) is 0. The number of nitrogens with zero attached hydrogens (tertiary/aromatic N) is 1. The van der Waals surface area contributed by atoms with E-state index in [2.05, 4.69) is 41.5 Å². The molecule has 1 saturated carbocycles. The summed E-state index contributed by atoms with van der Waals surface area (Å²) in [6.45, 7) is 2.14. The normalized spacial score (nSPS) is 15.1. The second-order valence-corrected chi connectivity index (χ2v) is 5.41. The highest BCUT2D eigenvalue weighted by molar-refractivity contribution is 7.16. The van der Waals surface area contributed by atoms with E-state index in [9.17, 15) is 0 Å². The van der Waals surface area contributed by atoms with Crippen molar-refractivity contribution in [2.75, 3.05) is 5.32 Å². The molecule has 0 bridgehead atoms.